The Morgan fingerprint density at radius 3 is 2.78 bits per heavy atom. The summed E-state index contributed by atoms with van der Waals surface area (Å²) in [5.74, 6) is -0.132. The Balaban J connectivity index is 2.00. The fourth-order valence-electron chi connectivity index (χ4n) is 2.19. The highest BCUT2D eigenvalue weighted by molar-refractivity contribution is 7.16. The Morgan fingerprint density at radius 1 is 1.43 bits per heavy atom. The van der Waals surface area contributed by atoms with Crippen LogP contribution in [0.2, 0.25) is 0 Å². The number of methoxy groups -OCH3 is 1. The molecule has 8 heteroatoms. The molecule has 1 aromatic carbocycles. The number of fused-ring (bicyclic) bond motifs is 1. The van der Waals surface area contributed by atoms with Crippen LogP contribution in [-0.2, 0) is 16.1 Å². The van der Waals surface area contributed by atoms with Crippen molar-refractivity contribution in [2.45, 2.75) is 13.5 Å². The van der Waals surface area contributed by atoms with Gasteiger partial charge in [0.1, 0.15) is 16.8 Å². The third-order valence-electron chi connectivity index (χ3n) is 3.10. The molecule has 7 nitrogen and oxygen atoms in total. The van der Waals surface area contributed by atoms with Crippen LogP contribution < -0.4 is 5.32 Å². The van der Waals surface area contributed by atoms with Crippen LogP contribution in [0.4, 0.5) is 5.69 Å². The van der Waals surface area contributed by atoms with Crippen molar-refractivity contribution in [2.75, 3.05) is 12.4 Å². The zero-order valence-electron chi connectivity index (χ0n) is 12.5. The van der Waals surface area contributed by atoms with Gasteiger partial charge in [-0.05, 0) is 12.1 Å². The molecule has 0 aliphatic rings. The number of anilines is 1. The number of aromatic nitrogens is 3. The topological polar surface area (TPSA) is 92.3 Å². The van der Waals surface area contributed by atoms with Crippen molar-refractivity contribution in [1.29, 1.82) is 5.26 Å². The highest BCUT2D eigenvalue weighted by Crippen LogP contribution is 2.27. The van der Waals surface area contributed by atoms with E-state index in [0.29, 0.717) is 28.6 Å². The maximum Gasteiger partial charge on any atom is 0.221 e. The molecule has 0 atom stereocenters. The van der Waals surface area contributed by atoms with Gasteiger partial charge in [0.15, 0.2) is 5.69 Å². The van der Waals surface area contributed by atoms with Gasteiger partial charge < -0.3 is 10.1 Å². The van der Waals surface area contributed by atoms with E-state index < -0.39 is 0 Å². The SMILES string of the molecule is COCc1nn2c(C#N)c(-c3ccc(NC(C)=O)cc3)nc2s1. The first-order chi connectivity index (χ1) is 11.1. The molecule has 3 rings (SSSR count). The molecule has 1 N–H and O–H groups in total. The fourth-order valence-corrected chi connectivity index (χ4v) is 3.05. The molecule has 0 saturated heterocycles. The molecule has 0 radical (unpaired) electrons. The zero-order valence-corrected chi connectivity index (χ0v) is 13.3. The van der Waals surface area contributed by atoms with Crippen LogP contribution >= 0.6 is 11.3 Å². The minimum atomic E-state index is -0.132. The van der Waals surface area contributed by atoms with Crippen molar-refractivity contribution in [3.63, 3.8) is 0 Å². The molecule has 0 aliphatic heterocycles. The summed E-state index contributed by atoms with van der Waals surface area (Å²) in [4.78, 5) is 16.2. The number of imidazole rings is 1. The number of nitriles is 1. The average Bonchev–Trinajstić information content (AvgIpc) is 3.04. The predicted molar refractivity (Wildman–Crippen MR) is 86.0 cm³/mol. The molecule has 0 fully saturated rings. The summed E-state index contributed by atoms with van der Waals surface area (Å²) in [6.45, 7) is 1.84. The number of rotatable bonds is 4. The van der Waals surface area contributed by atoms with Gasteiger partial charge in [-0.2, -0.15) is 14.9 Å². The number of hydrogen-bond donors (Lipinski definition) is 1. The van der Waals surface area contributed by atoms with Crippen LogP contribution in [0.5, 0.6) is 0 Å². The zero-order chi connectivity index (χ0) is 16.4. The van der Waals surface area contributed by atoms with Gasteiger partial charge >= 0.3 is 0 Å². The number of ether oxygens (including phenoxy) is 1. The van der Waals surface area contributed by atoms with Gasteiger partial charge in [0.2, 0.25) is 10.9 Å². The van der Waals surface area contributed by atoms with E-state index in [0.717, 1.165) is 10.6 Å². The van der Waals surface area contributed by atoms with Crippen LogP contribution in [0.25, 0.3) is 16.2 Å². The van der Waals surface area contributed by atoms with Crippen LogP contribution in [-0.4, -0.2) is 27.6 Å². The van der Waals surface area contributed by atoms with Crippen molar-refractivity contribution < 1.29 is 9.53 Å². The Kier molecular flexibility index (Phi) is 4.06. The number of nitrogens with one attached hydrogen (secondary N) is 1. The van der Waals surface area contributed by atoms with E-state index in [1.165, 1.54) is 22.8 Å². The van der Waals surface area contributed by atoms with Crippen molar-refractivity contribution in [2.24, 2.45) is 0 Å². The summed E-state index contributed by atoms with van der Waals surface area (Å²) in [6.07, 6.45) is 0. The van der Waals surface area contributed by atoms with Crippen LogP contribution in [0.1, 0.15) is 17.6 Å². The molecular weight excluding hydrogens is 314 g/mol. The lowest BCUT2D eigenvalue weighted by molar-refractivity contribution is -0.114. The molecule has 0 unspecified atom stereocenters. The van der Waals surface area contributed by atoms with Gasteiger partial charge in [-0.1, -0.05) is 23.5 Å². The molecule has 0 bridgehead atoms. The van der Waals surface area contributed by atoms with Crippen LogP contribution in [0.15, 0.2) is 24.3 Å². The number of amides is 1. The fraction of sp³-hybridized carbons (Fsp3) is 0.200. The number of hydrogen-bond acceptors (Lipinski definition) is 6. The van der Waals surface area contributed by atoms with Crippen molar-refractivity contribution in [3.8, 4) is 17.3 Å². The maximum atomic E-state index is 11.0. The van der Waals surface area contributed by atoms with Gasteiger partial charge in [-0.25, -0.2) is 4.98 Å². The van der Waals surface area contributed by atoms with Gasteiger partial charge in [0.05, 0.1) is 6.61 Å². The molecule has 3 aromatic rings. The maximum absolute atomic E-state index is 11.0. The smallest absolute Gasteiger partial charge is 0.221 e. The Hall–Kier alpha value is -2.76. The molecule has 2 aromatic heterocycles. The lowest BCUT2D eigenvalue weighted by Gasteiger charge is -2.03. The molecule has 0 saturated carbocycles. The largest absolute Gasteiger partial charge is 0.377 e. The Bertz CT molecular complexity index is 904. The quantitative estimate of drug-likeness (QED) is 0.794. The Morgan fingerprint density at radius 2 is 2.17 bits per heavy atom. The number of benzene rings is 1. The molecule has 23 heavy (non-hydrogen) atoms. The van der Waals surface area contributed by atoms with Crippen molar-refractivity contribution in [1.82, 2.24) is 14.6 Å². The second-order valence-electron chi connectivity index (χ2n) is 4.80. The molecule has 0 spiro atoms. The average molecular weight is 327 g/mol. The first kappa shape index (κ1) is 15.1. The summed E-state index contributed by atoms with van der Waals surface area (Å²) in [7, 11) is 1.59. The van der Waals surface area contributed by atoms with Gasteiger partial charge in [-0.3, -0.25) is 4.79 Å². The number of carbonyl (C=O) groups is 1. The molecule has 1 amide bonds. The van der Waals surface area contributed by atoms with E-state index in [-0.39, 0.29) is 5.91 Å². The first-order valence-electron chi connectivity index (χ1n) is 6.78. The van der Waals surface area contributed by atoms with Gasteiger partial charge in [0, 0.05) is 25.3 Å². The number of nitrogens with zero attached hydrogens (tertiary/aromatic N) is 4. The summed E-state index contributed by atoms with van der Waals surface area (Å²) in [5.41, 5.74) is 2.44. The third-order valence-corrected chi connectivity index (χ3v) is 3.98. The first-order valence-corrected chi connectivity index (χ1v) is 7.59. The number of carbonyl (C=O) groups excluding carboxylic acids is 1. The summed E-state index contributed by atoms with van der Waals surface area (Å²) in [5, 5.41) is 17.3. The van der Waals surface area contributed by atoms with E-state index in [4.69, 9.17) is 4.74 Å². The highest BCUT2D eigenvalue weighted by Gasteiger charge is 2.17. The van der Waals surface area contributed by atoms with Gasteiger partial charge in [-0.15, -0.1) is 0 Å². The minimum Gasteiger partial charge on any atom is -0.377 e. The van der Waals surface area contributed by atoms with Gasteiger partial charge in [0.25, 0.3) is 0 Å². The summed E-state index contributed by atoms with van der Waals surface area (Å²) >= 11 is 1.39. The summed E-state index contributed by atoms with van der Waals surface area (Å²) in [6, 6.07) is 9.33. The molecule has 2 heterocycles. The van der Waals surface area contributed by atoms with E-state index in [9.17, 15) is 10.1 Å². The molecule has 0 aliphatic carbocycles. The van der Waals surface area contributed by atoms with E-state index in [2.05, 4.69) is 21.5 Å². The van der Waals surface area contributed by atoms with E-state index >= 15 is 0 Å². The molecular formula is C15H13N5O2S. The third kappa shape index (κ3) is 2.92. The lowest BCUT2D eigenvalue weighted by Crippen LogP contribution is -2.05. The van der Waals surface area contributed by atoms with Crippen LogP contribution in [0, 0.1) is 11.3 Å². The normalized spacial score (nSPS) is 10.7. The van der Waals surface area contributed by atoms with Crippen LogP contribution in [0.3, 0.4) is 0 Å². The second-order valence-corrected chi connectivity index (χ2v) is 5.84. The monoisotopic (exact) mass is 327 g/mol. The van der Waals surface area contributed by atoms with Crippen molar-refractivity contribution >= 4 is 27.9 Å². The predicted octanol–water partition coefficient (Wildman–Crippen LogP) is 2.43. The molecule has 116 valence electrons. The highest BCUT2D eigenvalue weighted by atomic mass is 32.1. The Labute approximate surface area is 136 Å². The van der Waals surface area contributed by atoms with E-state index in [1.54, 1.807) is 19.2 Å². The standard InChI is InChI=1S/C15H13N5O2S/c1-9(21)17-11-5-3-10(4-6-11)14-12(7-16)20-15(18-14)23-13(19-20)8-22-2/h3-6H,8H2,1-2H3,(H,17,21). The second kappa shape index (κ2) is 6.16. The van der Waals surface area contributed by atoms with Crippen molar-refractivity contribution in [3.05, 3.63) is 35.0 Å². The summed E-state index contributed by atoms with van der Waals surface area (Å²) < 4.78 is 6.59. The minimum absolute atomic E-state index is 0.132. The van der Waals surface area contributed by atoms with E-state index in [1.807, 2.05) is 12.1 Å². The lowest BCUT2D eigenvalue weighted by atomic mass is 10.1.